The van der Waals surface area contributed by atoms with Gasteiger partial charge in [0.05, 0.1) is 16.1 Å². The lowest BCUT2D eigenvalue weighted by atomic mass is 10.1. The lowest BCUT2D eigenvalue weighted by Gasteiger charge is -2.13. The summed E-state index contributed by atoms with van der Waals surface area (Å²) in [6.45, 7) is 3.27. The first-order valence-corrected chi connectivity index (χ1v) is 10.4. The maximum atomic E-state index is 12.8. The van der Waals surface area contributed by atoms with E-state index in [1.807, 2.05) is 25.1 Å². The van der Waals surface area contributed by atoms with Crippen molar-refractivity contribution in [2.75, 3.05) is 10.0 Å². The molecule has 0 bridgehead atoms. The first-order chi connectivity index (χ1) is 13.8. The summed E-state index contributed by atoms with van der Waals surface area (Å²) in [4.78, 5) is 24.2. The molecule has 0 unspecified atom stereocenters. The van der Waals surface area contributed by atoms with Crippen LogP contribution in [0.2, 0.25) is 0 Å². The molecule has 3 rings (SSSR count). The number of amides is 1. The Morgan fingerprint density at radius 3 is 2.31 bits per heavy atom. The molecule has 0 aliphatic rings. The van der Waals surface area contributed by atoms with Gasteiger partial charge >= 0.3 is 0 Å². The van der Waals surface area contributed by atoms with Crippen molar-refractivity contribution in [1.29, 1.82) is 0 Å². The Balaban J connectivity index is 1.89. The fourth-order valence-corrected chi connectivity index (χ4v) is 3.90. The number of benzene rings is 3. The van der Waals surface area contributed by atoms with Crippen LogP contribution in [-0.2, 0) is 10.0 Å². The first kappa shape index (κ1) is 20.3. The van der Waals surface area contributed by atoms with Gasteiger partial charge in [-0.25, -0.2) is 8.42 Å². The molecule has 0 saturated heterocycles. The molecule has 0 heterocycles. The molecule has 0 radical (unpaired) electrons. The van der Waals surface area contributed by atoms with Gasteiger partial charge in [0.25, 0.3) is 15.9 Å². The van der Waals surface area contributed by atoms with Crippen molar-refractivity contribution in [1.82, 2.24) is 0 Å². The second kappa shape index (κ2) is 8.28. The maximum Gasteiger partial charge on any atom is 0.261 e. The van der Waals surface area contributed by atoms with E-state index in [1.165, 1.54) is 37.3 Å². The number of anilines is 2. The number of nitrogens with one attached hydrogen (secondary N) is 2. The number of carbonyl (C=O) groups is 2. The standard InChI is InChI=1S/C22H20N2O4S/c1-15-7-5-9-18(13-15)23-22(26)20-11-3-4-12-21(20)24-29(27,28)19-10-6-8-17(14-19)16(2)25/h3-14,24H,1-2H3,(H,23,26). The van der Waals surface area contributed by atoms with Gasteiger partial charge in [-0.2, -0.15) is 0 Å². The summed E-state index contributed by atoms with van der Waals surface area (Å²) in [5.41, 5.74) is 2.22. The number of aryl methyl sites for hydroxylation is 1. The van der Waals surface area contributed by atoms with Gasteiger partial charge in [0.2, 0.25) is 0 Å². The molecule has 0 aliphatic heterocycles. The van der Waals surface area contributed by atoms with Gasteiger partial charge in [-0.3, -0.25) is 14.3 Å². The van der Waals surface area contributed by atoms with Crippen LogP contribution in [0, 0.1) is 6.92 Å². The third-order valence-corrected chi connectivity index (χ3v) is 5.61. The zero-order valence-electron chi connectivity index (χ0n) is 16.0. The fraction of sp³-hybridized carbons (Fsp3) is 0.0909. The van der Waals surface area contributed by atoms with E-state index in [9.17, 15) is 18.0 Å². The third kappa shape index (κ3) is 4.89. The van der Waals surface area contributed by atoms with E-state index in [1.54, 1.807) is 24.3 Å². The minimum absolute atomic E-state index is 0.0564. The van der Waals surface area contributed by atoms with E-state index in [0.717, 1.165) is 5.56 Å². The molecular weight excluding hydrogens is 388 g/mol. The van der Waals surface area contributed by atoms with Gasteiger partial charge in [-0.1, -0.05) is 36.4 Å². The Morgan fingerprint density at radius 1 is 0.862 bits per heavy atom. The number of ketones is 1. The largest absolute Gasteiger partial charge is 0.322 e. The molecule has 0 spiro atoms. The number of hydrogen-bond donors (Lipinski definition) is 2. The Hall–Kier alpha value is -3.45. The highest BCUT2D eigenvalue weighted by atomic mass is 32.2. The molecule has 1 amide bonds. The topological polar surface area (TPSA) is 92.3 Å². The van der Waals surface area contributed by atoms with Crippen molar-refractivity contribution >= 4 is 33.1 Å². The fourth-order valence-electron chi connectivity index (χ4n) is 2.78. The van der Waals surface area contributed by atoms with Gasteiger partial charge in [0.1, 0.15) is 0 Å². The minimum atomic E-state index is -3.99. The van der Waals surface area contributed by atoms with Crippen molar-refractivity contribution in [3.8, 4) is 0 Å². The lowest BCUT2D eigenvalue weighted by molar-refractivity contribution is 0.101. The van der Waals surface area contributed by atoms with E-state index in [4.69, 9.17) is 0 Å². The van der Waals surface area contributed by atoms with Crippen LogP contribution < -0.4 is 10.0 Å². The molecule has 3 aromatic rings. The maximum absolute atomic E-state index is 12.8. The number of para-hydroxylation sites is 1. The van der Waals surface area contributed by atoms with Crippen LogP contribution in [0.25, 0.3) is 0 Å². The van der Waals surface area contributed by atoms with Crippen LogP contribution in [0.4, 0.5) is 11.4 Å². The van der Waals surface area contributed by atoms with E-state index >= 15 is 0 Å². The zero-order valence-corrected chi connectivity index (χ0v) is 16.8. The van der Waals surface area contributed by atoms with Crippen molar-refractivity contribution in [3.63, 3.8) is 0 Å². The number of Topliss-reactive ketones (excluding diaryl/α,β-unsaturated/α-hetero) is 1. The molecule has 0 atom stereocenters. The minimum Gasteiger partial charge on any atom is -0.322 e. The average Bonchev–Trinajstić information content (AvgIpc) is 2.68. The number of carbonyl (C=O) groups excluding carboxylic acids is 2. The van der Waals surface area contributed by atoms with Crippen molar-refractivity contribution in [2.45, 2.75) is 18.7 Å². The van der Waals surface area contributed by atoms with Crippen LogP contribution in [0.1, 0.15) is 33.2 Å². The molecule has 29 heavy (non-hydrogen) atoms. The highest BCUT2D eigenvalue weighted by Gasteiger charge is 2.19. The van der Waals surface area contributed by atoms with Crippen LogP contribution in [0.15, 0.2) is 77.7 Å². The van der Waals surface area contributed by atoms with Crippen LogP contribution in [0.5, 0.6) is 0 Å². The predicted octanol–water partition coefficient (Wildman–Crippen LogP) is 4.25. The molecule has 7 heteroatoms. The van der Waals surface area contributed by atoms with Crippen molar-refractivity contribution in [3.05, 3.63) is 89.5 Å². The summed E-state index contributed by atoms with van der Waals surface area (Å²) in [7, 11) is -3.99. The summed E-state index contributed by atoms with van der Waals surface area (Å²) in [5.74, 6) is -0.675. The molecule has 0 saturated carbocycles. The molecule has 3 aromatic carbocycles. The van der Waals surface area contributed by atoms with Crippen LogP contribution in [0.3, 0.4) is 0 Å². The third-order valence-electron chi connectivity index (χ3n) is 4.24. The summed E-state index contributed by atoms with van der Waals surface area (Å²) in [5, 5.41) is 2.77. The second-order valence-corrected chi connectivity index (χ2v) is 8.24. The monoisotopic (exact) mass is 408 g/mol. The molecule has 0 aliphatic carbocycles. The Labute approximate surface area is 169 Å². The summed E-state index contributed by atoms with van der Waals surface area (Å²) >= 11 is 0. The number of sulfonamides is 1. The van der Waals surface area contributed by atoms with E-state index in [0.29, 0.717) is 11.3 Å². The van der Waals surface area contributed by atoms with E-state index in [-0.39, 0.29) is 21.9 Å². The smallest absolute Gasteiger partial charge is 0.261 e. The lowest BCUT2D eigenvalue weighted by Crippen LogP contribution is -2.19. The Bertz CT molecular complexity index is 1190. The normalized spacial score (nSPS) is 11.0. The molecule has 6 nitrogen and oxygen atoms in total. The Morgan fingerprint density at radius 2 is 1.59 bits per heavy atom. The highest BCUT2D eigenvalue weighted by Crippen LogP contribution is 2.22. The summed E-state index contributed by atoms with van der Waals surface area (Å²) < 4.78 is 28.0. The van der Waals surface area contributed by atoms with Crippen LogP contribution >= 0.6 is 0 Å². The van der Waals surface area contributed by atoms with Crippen molar-refractivity contribution in [2.24, 2.45) is 0 Å². The average molecular weight is 408 g/mol. The van der Waals surface area contributed by atoms with Crippen LogP contribution in [-0.4, -0.2) is 20.1 Å². The molecule has 148 valence electrons. The van der Waals surface area contributed by atoms with Gasteiger partial charge in [0, 0.05) is 11.3 Å². The predicted molar refractivity (Wildman–Crippen MR) is 113 cm³/mol. The molecular formula is C22H20N2O4S. The second-order valence-electron chi connectivity index (χ2n) is 6.56. The van der Waals surface area contributed by atoms with Crippen molar-refractivity contribution < 1.29 is 18.0 Å². The highest BCUT2D eigenvalue weighted by molar-refractivity contribution is 7.92. The summed E-state index contributed by atoms with van der Waals surface area (Å²) in [6.07, 6.45) is 0. The SMILES string of the molecule is CC(=O)c1cccc(S(=O)(=O)Nc2ccccc2C(=O)Nc2cccc(C)c2)c1. The summed E-state index contributed by atoms with van der Waals surface area (Å²) in [6, 6.07) is 19.4. The molecule has 0 aromatic heterocycles. The van der Waals surface area contributed by atoms with Gasteiger partial charge < -0.3 is 5.32 Å². The zero-order chi connectivity index (χ0) is 21.0. The van der Waals surface area contributed by atoms with Gasteiger partial charge in [-0.05, 0) is 55.8 Å². The van der Waals surface area contributed by atoms with E-state index < -0.39 is 15.9 Å². The van der Waals surface area contributed by atoms with E-state index in [2.05, 4.69) is 10.0 Å². The molecule has 2 N–H and O–H groups in total. The number of rotatable bonds is 6. The number of hydrogen-bond acceptors (Lipinski definition) is 4. The Kier molecular flexibility index (Phi) is 5.79. The quantitative estimate of drug-likeness (QED) is 0.597. The van der Waals surface area contributed by atoms with Gasteiger partial charge in [-0.15, -0.1) is 0 Å². The van der Waals surface area contributed by atoms with Gasteiger partial charge in [0.15, 0.2) is 5.78 Å². The molecule has 0 fully saturated rings. The first-order valence-electron chi connectivity index (χ1n) is 8.87.